The monoisotopic (exact) mass is 470 g/mol. The normalized spacial score (nSPS) is 37.2. The molecule has 0 aromatic carbocycles. The lowest BCUT2D eigenvalue weighted by Gasteiger charge is -2.44. The lowest BCUT2D eigenvalue weighted by atomic mass is 9.92. The molecule has 0 aromatic rings. The summed E-state index contributed by atoms with van der Waals surface area (Å²) in [7, 11) is 0. The molecule has 2 heterocycles. The van der Waals surface area contributed by atoms with Crippen molar-refractivity contribution in [2.45, 2.75) is 92.8 Å². The Bertz CT molecular complexity index is 533. The molecule has 9 unspecified atom stereocenters. The Morgan fingerprint density at radius 2 is 1.97 bits per heavy atom. The summed E-state index contributed by atoms with van der Waals surface area (Å²) in [5.41, 5.74) is -0.732. The third kappa shape index (κ3) is 6.92. The number of unbranched alkanes of at least 4 members (excludes halogenated alkanes) is 1. The number of hydrogen-bond acceptors (Lipinski definition) is 7. The molecule has 2 aliphatic heterocycles. The second kappa shape index (κ2) is 12.8. The molecule has 2 fully saturated rings. The Balaban J connectivity index is 1.98. The summed E-state index contributed by atoms with van der Waals surface area (Å²) < 4.78 is 18.1. The van der Waals surface area contributed by atoms with Gasteiger partial charge in [0.05, 0.1) is 24.1 Å². The molecule has 2 aliphatic rings. The van der Waals surface area contributed by atoms with E-state index in [4.69, 9.17) is 16.3 Å². The van der Waals surface area contributed by atoms with Crippen molar-refractivity contribution in [2.75, 3.05) is 19.5 Å². The van der Waals surface area contributed by atoms with Gasteiger partial charge >= 0.3 is 0 Å². The largest absolute Gasteiger partial charge is 0.388 e. The maximum atomic E-state index is 12.9. The van der Waals surface area contributed by atoms with E-state index in [1.54, 1.807) is 13.2 Å². The van der Waals surface area contributed by atoms with E-state index in [1.165, 1.54) is 11.8 Å². The van der Waals surface area contributed by atoms with Crippen molar-refractivity contribution >= 4 is 29.3 Å². The van der Waals surface area contributed by atoms with Crippen LogP contribution in [-0.4, -0.2) is 88.0 Å². The molecule has 1 amide bonds. The average molecular weight is 471 g/mol. The summed E-state index contributed by atoms with van der Waals surface area (Å²) in [4.78, 5) is 12.9. The fourth-order valence-corrected chi connectivity index (χ4v) is 5.12. The van der Waals surface area contributed by atoms with Crippen LogP contribution in [0, 0.1) is 5.92 Å². The highest BCUT2D eigenvalue weighted by Gasteiger charge is 2.48. The second-order valence-corrected chi connectivity index (χ2v) is 9.94. The van der Waals surface area contributed by atoms with Crippen LogP contribution in [0.2, 0.25) is 0 Å². The predicted octanol–water partition coefficient (Wildman–Crippen LogP) is 1.17. The van der Waals surface area contributed by atoms with E-state index in [-0.39, 0.29) is 18.6 Å². The summed E-state index contributed by atoms with van der Waals surface area (Å²) in [6.07, 6.45) is 1.72. The van der Waals surface area contributed by atoms with Crippen molar-refractivity contribution in [1.82, 2.24) is 10.6 Å². The first-order valence-corrected chi connectivity index (χ1v) is 12.5. The van der Waals surface area contributed by atoms with E-state index in [0.29, 0.717) is 25.3 Å². The van der Waals surface area contributed by atoms with E-state index in [1.807, 2.05) is 0 Å². The van der Waals surface area contributed by atoms with Gasteiger partial charge in [0.2, 0.25) is 5.91 Å². The molecule has 10 heteroatoms. The van der Waals surface area contributed by atoms with Gasteiger partial charge in [-0.25, -0.2) is 0 Å². The predicted molar refractivity (Wildman–Crippen MR) is 116 cm³/mol. The van der Waals surface area contributed by atoms with Gasteiger partial charge in [-0.3, -0.25) is 9.18 Å². The van der Waals surface area contributed by atoms with Crippen molar-refractivity contribution in [3.05, 3.63) is 0 Å². The van der Waals surface area contributed by atoms with Crippen LogP contribution in [0.3, 0.4) is 0 Å². The Hall–Kier alpha value is -0.160. The zero-order valence-electron chi connectivity index (χ0n) is 17.7. The van der Waals surface area contributed by atoms with Crippen LogP contribution in [0.1, 0.15) is 45.4 Å². The highest BCUT2D eigenvalue weighted by molar-refractivity contribution is 7.99. The molecule has 0 bridgehead atoms. The minimum Gasteiger partial charge on any atom is -0.388 e. The average Bonchev–Trinajstić information content (AvgIpc) is 2.97. The highest BCUT2D eigenvalue weighted by Crippen LogP contribution is 2.30. The number of aliphatic hydroxyl groups excluding tert-OH is 3. The van der Waals surface area contributed by atoms with E-state index >= 15 is 0 Å². The Morgan fingerprint density at radius 3 is 2.60 bits per heavy atom. The number of hydrogen-bond donors (Lipinski definition) is 5. The highest BCUT2D eigenvalue weighted by atomic mass is 35.5. The van der Waals surface area contributed by atoms with Gasteiger partial charge in [0.15, 0.2) is 0 Å². The summed E-state index contributed by atoms with van der Waals surface area (Å²) in [5.74, 6) is 0.251. The van der Waals surface area contributed by atoms with Crippen LogP contribution in [0.25, 0.3) is 0 Å². The molecule has 0 aromatic heterocycles. The number of thioether (sulfide) groups is 1. The van der Waals surface area contributed by atoms with Gasteiger partial charge in [-0.2, -0.15) is 0 Å². The minimum atomic E-state index is -1.39. The SMILES string of the molecule is CSC1OC(C(NC(=O)C2CCC(CCCCF)CCN2)C(C)Cl)C(O)C(O)C1O. The molecule has 2 saturated heterocycles. The first-order valence-electron chi connectivity index (χ1n) is 10.8. The van der Waals surface area contributed by atoms with Gasteiger partial charge < -0.3 is 30.7 Å². The van der Waals surface area contributed by atoms with E-state index < -0.39 is 41.3 Å². The minimum absolute atomic E-state index is 0.228. The lowest BCUT2D eigenvalue weighted by Crippen LogP contribution is -2.65. The van der Waals surface area contributed by atoms with Crippen molar-refractivity contribution in [2.24, 2.45) is 5.92 Å². The number of nitrogens with one attached hydrogen (secondary N) is 2. The fraction of sp³-hybridized carbons (Fsp3) is 0.950. The molecular formula is C20H36ClFN2O5S. The quantitative estimate of drug-likeness (QED) is 0.254. The van der Waals surface area contributed by atoms with Gasteiger partial charge in [-0.05, 0) is 51.3 Å². The molecule has 2 rings (SSSR count). The summed E-state index contributed by atoms with van der Waals surface area (Å²) >= 11 is 7.53. The zero-order valence-corrected chi connectivity index (χ0v) is 19.2. The van der Waals surface area contributed by atoms with Gasteiger partial charge in [-0.15, -0.1) is 23.4 Å². The summed E-state index contributed by atoms with van der Waals surface area (Å²) in [6, 6.07) is -1.13. The van der Waals surface area contributed by atoms with Gasteiger partial charge in [-0.1, -0.05) is 12.8 Å². The molecule has 0 spiro atoms. The molecule has 5 N–H and O–H groups in total. The van der Waals surface area contributed by atoms with Gasteiger partial charge in [0.1, 0.15) is 29.9 Å². The Morgan fingerprint density at radius 1 is 1.23 bits per heavy atom. The molecule has 0 saturated carbocycles. The standard InChI is InChI=1S/C20H36ClFN2O5S/c1-11(21)14(18-16(26)15(25)17(27)20(29-18)30-2)24-19(28)13-7-6-12(8-10-23-13)5-3-4-9-22/h11-18,20,23,25-27H,3-10H2,1-2H3,(H,24,28). The molecule has 9 atom stereocenters. The van der Waals surface area contributed by atoms with Crippen LogP contribution in [-0.2, 0) is 9.53 Å². The van der Waals surface area contributed by atoms with Crippen LogP contribution in [0.15, 0.2) is 0 Å². The topological polar surface area (TPSA) is 111 Å². The maximum Gasteiger partial charge on any atom is 0.237 e. The number of rotatable bonds is 9. The van der Waals surface area contributed by atoms with Crippen molar-refractivity contribution < 1.29 is 29.2 Å². The third-order valence-electron chi connectivity index (χ3n) is 6.12. The summed E-state index contributed by atoms with van der Waals surface area (Å²) in [5, 5.41) is 36.3. The number of amides is 1. The first-order chi connectivity index (χ1) is 14.3. The fourth-order valence-electron chi connectivity index (χ4n) is 4.24. The van der Waals surface area contributed by atoms with Gasteiger partial charge in [0, 0.05) is 0 Å². The van der Waals surface area contributed by atoms with E-state index in [0.717, 1.165) is 25.7 Å². The van der Waals surface area contributed by atoms with E-state index in [2.05, 4.69) is 10.6 Å². The van der Waals surface area contributed by atoms with Crippen molar-refractivity contribution in [3.8, 4) is 0 Å². The smallest absolute Gasteiger partial charge is 0.237 e. The lowest BCUT2D eigenvalue weighted by molar-refractivity contribution is -0.205. The number of alkyl halides is 2. The number of carbonyl (C=O) groups excluding carboxylic acids is 1. The second-order valence-electron chi connectivity index (χ2n) is 8.31. The van der Waals surface area contributed by atoms with E-state index in [9.17, 15) is 24.5 Å². The number of ether oxygens (including phenoxy) is 1. The summed E-state index contributed by atoms with van der Waals surface area (Å²) in [6.45, 7) is 2.11. The van der Waals surface area contributed by atoms with Crippen molar-refractivity contribution in [1.29, 1.82) is 0 Å². The zero-order chi connectivity index (χ0) is 22.3. The van der Waals surface area contributed by atoms with Gasteiger partial charge in [0.25, 0.3) is 0 Å². The molecule has 30 heavy (non-hydrogen) atoms. The molecule has 0 radical (unpaired) electrons. The molecule has 0 aliphatic carbocycles. The molecular weight excluding hydrogens is 435 g/mol. The number of aliphatic hydroxyl groups is 3. The third-order valence-corrected chi connectivity index (χ3v) is 7.24. The number of halogens is 2. The van der Waals surface area contributed by atoms with Crippen LogP contribution >= 0.6 is 23.4 Å². The maximum absolute atomic E-state index is 12.9. The van der Waals surface area contributed by atoms with Crippen LogP contribution in [0.4, 0.5) is 4.39 Å². The molecule has 176 valence electrons. The first kappa shape index (κ1) is 26.1. The Labute approximate surface area is 187 Å². The van der Waals surface area contributed by atoms with Crippen LogP contribution in [0.5, 0.6) is 0 Å². The van der Waals surface area contributed by atoms with Crippen LogP contribution < -0.4 is 10.6 Å². The number of carbonyl (C=O) groups is 1. The molecule has 7 nitrogen and oxygen atoms in total. The van der Waals surface area contributed by atoms with Crippen molar-refractivity contribution in [3.63, 3.8) is 0 Å². The Kier molecular flexibility index (Phi) is 11.1.